The Morgan fingerprint density at radius 1 is 1.67 bits per heavy atom. The molecule has 0 N–H and O–H groups in total. The topological polar surface area (TPSA) is 35.5 Å². The molecule has 0 aromatic carbocycles. The van der Waals surface area contributed by atoms with Crippen LogP contribution in [0.1, 0.15) is 6.92 Å². The summed E-state index contributed by atoms with van der Waals surface area (Å²) in [4.78, 5) is 10.1. The summed E-state index contributed by atoms with van der Waals surface area (Å²) in [5.41, 5.74) is 0. The molecule has 0 atom stereocenters. The lowest BCUT2D eigenvalue weighted by Crippen LogP contribution is -2.05. The second-order valence-electron chi connectivity index (χ2n) is 1.31. The zero-order valence-electron chi connectivity index (χ0n) is 5.22. The second kappa shape index (κ2) is 4.98. The van der Waals surface area contributed by atoms with Crippen LogP contribution in [0.25, 0.3) is 0 Å². The highest BCUT2D eigenvalue weighted by Crippen LogP contribution is 1.76. The Hall–Kier alpha value is -1.17. The minimum Gasteiger partial charge on any atom is -0.462 e. The van der Waals surface area contributed by atoms with E-state index in [0.717, 1.165) is 0 Å². The standard InChI is InChI=1S/C6H8O3/c1-3-8-4-5-9-6(2)7/h1H,4-5H2,2H3. The van der Waals surface area contributed by atoms with Crippen molar-refractivity contribution >= 4 is 5.97 Å². The fourth-order valence-electron chi connectivity index (χ4n) is 0.286. The normalized spacial score (nSPS) is 7.56. The third-order valence-electron chi connectivity index (χ3n) is 0.574. The van der Waals surface area contributed by atoms with Gasteiger partial charge in [-0.05, 0) is 0 Å². The molecule has 0 bridgehead atoms. The molecular formula is C6H8O3. The molecule has 0 unspecified atom stereocenters. The molecule has 0 aromatic heterocycles. The average molecular weight is 128 g/mol. The van der Waals surface area contributed by atoms with Crippen molar-refractivity contribution < 1.29 is 14.3 Å². The molecule has 0 aromatic rings. The Morgan fingerprint density at radius 3 is 2.78 bits per heavy atom. The van der Waals surface area contributed by atoms with Crippen molar-refractivity contribution in [2.24, 2.45) is 0 Å². The van der Waals surface area contributed by atoms with E-state index in [1.54, 1.807) is 0 Å². The van der Waals surface area contributed by atoms with Crippen LogP contribution < -0.4 is 0 Å². The zero-order chi connectivity index (χ0) is 7.11. The molecule has 0 amide bonds. The van der Waals surface area contributed by atoms with Crippen LogP contribution >= 0.6 is 0 Å². The van der Waals surface area contributed by atoms with Gasteiger partial charge in [-0.2, -0.15) is 0 Å². The largest absolute Gasteiger partial charge is 0.462 e. The van der Waals surface area contributed by atoms with Gasteiger partial charge in [0.05, 0.1) is 0 Å². The van der Waals surface area contributed by atoms with Gasteiger partial charge in [0, 0.05) is 6.92 Å². The molecule has 3 nitrogen and oxygen atoms in total. The van der Waals surface area contributed by atoms with Gasteiger partial charge in [-0.25, -0.2) is 0 Å². The molecule has 9 heavy (non-hydrogen) atoms. The van der Waals surface area contributed by atoms with Crippen LogP contribution in [0.15, 0.2) is 0 Å². The average Bonchev–Trinajstić information content (AvgIpc) is 1.80. The molecular weight excluding hydrogens is 120 g/mol. The first-order valence-electron chi connectivity index (χ1n) is 2.48. The molecule has 0 saturated heterocycles. The van der Waals surface area contributed by atoms with Gasteiger partial charge >= 0.3 is 5.97 Å². The van der Waals surface area contributed by atoms with Gasteiger partial charge in [0.2, 0.25) is 0 Å². The SMILES string of the molecule is C#COCCOC(C)=O. The van der Waals surface area contributed by atoms with Gasteiger partial charge < -0.3 is 9.47 Å². The van der Waals surface area contributed by atoms with E-state index in [0.29, 0.717) is 0 Å². The first-order chi connectivity index (χ1) is 4.27. The van der Waals surface area contributed by atoms with Crippen molar-refractivity contribution in [1.29, 1.82) is 0 Å². The summed E-state index contributed by atoms with van der Waals surface area (Å²) in [6, 6.07) is 0. The van der Waals surface area contributed by atoms with Crippen LogP contribution in [-0.2, 0) is 14.3 Å². The molecule has 0 aliphatic rings. The molecule has 0 spiro atoms. The minimum atomic E-state index is -0.323. The molecule has 50 valence electrons. The van der Waals surface area contributed by atoms with Crippen LogP contribution in [0, 0.1) is 12.5 Å². The molecule has 0 aliphatic heterocycles. The summed E-state index contributed by atoms with van der Waals surface area (Å²) in [6.07, 6.45) is 6.68. The fraction of sp³-hybridized carbons (Fsp3) is 0.500. The van der Waals surface area contributed by atoms with Crippen LogP contribution in [-0.4, -0.2) is 19.2 Å². The molecule has 0 rings (SSSR count). The van der Waals surface area contributed by atoms with Crippen molar-refractivity contribution in [3.05, 3.63) is 0 Å². The van der Waals surface area contributed by atoms with Crippen molar-refractivity contribution in [2.45, 2.75) is 6.92 Å². The molecule has 0 radical (unpaired) electrons. The Balaban J connectivity index is 2.94. The van der Waals surface area contributed by atoms with Gasteiger partial charge in [-0.1, -0.05) is 6.42 Å². The maximum Gasteiger partial charge on any atom is 0.302 e. The van der Waals surface area contributed by atoms with E-state index in [2.05, 4.69) is 9.47 Å². The number of esters is 1. The zero-order valence-corrected chi connectivity index (χ0v) is 5.22. The van der Waals surface area contributed by atoms with Crippen LogP contribution in [0.5, 0.6) is 0 Å². The molecule has 0 fully saturated rings. The van der Waals surface area contributed by atoms with Gasteiger partial charge in [-0.15, -0.1) is 0 Å². The summed E-state index contributed by atoms with van der Waals surface area (Å²) in [5, 5.41) is 0. The van der Waals surface area contributed by atoms with E-state index < -0.39 is 0 Å². The van der Waals surface area contributed by atoms with Gasteiger partial charge in [-0.3, -0.25) is 4.79 Å². The Morgan fingerprint density at radius 2 is 2.33 bits per heavy atom. The lowest BCUT2D eigenvalue weighted by Gasteiger charge is -1.97. The third-order valence-corrected chi connectivity index (χ3v) is 0.574. The highest BCUT2D eigenvalue weighted by atomic mass is 16.6. The number of carbonyl (C=O) groups is 1. The predicted molar refractivity (Wildman–Crippen MR) is 31.4 cm³/mol. The van der Waals surface area contributed by atoms with Crippen LogP contribution in [0.4, 0.5) is 0 Å². The van der Waals surface area contributed by atoms with Gasteiger partial charge in [0.1, 0.15) is 19.3 Å². The molecule has 0 aliphatic carbocycles. The maximum atomic E-state index is 10.1. The van der Waals surface area contributed by atoms with Crippen molar-refractivity contribution in [2.75, 3.05) is 13.2 Å². The summed E-state index contributed by atoms with van der Waals surface area (Å²) in [5.74, 6) is -0.323. The first-order valence-corrected chi connectivity index (χ1v) is 2.48. The van der Waals surface area contributed by atoms with E-state index in [1.165, 1.54) is 6.92 Å². The number of carbonyl (C=O) groups excluding carboxylic acids is 1. The molecule has 0 saturated carbocycles. The summed E-state index contributed by atoms with van der Waals surface area (Å²) in [6.45, 7) is 1.81. The van der Waals surface area contributed by atoms with Gasteiger partial charge in [0.15, 0.2) is 0 Å². The number of hydrogen-bond acceptors (Lipinski definition) is 3. The lowest BCUT2D eigenvalue weighted by molar-refractivity contribution is -0.141. The van der Waals surface area contributed by atoms with E-state index in [1.807, 2.05) is 6.11 Å². The third kappa shape index (κ3) is 6.83. The van der Waals surface area contributed by atoms with Crippen LogP contribution in [0.3, 0.4) is 0 Å². The fourth-order valence-corrected chi connectivity index (χ4v) is 0.286. The monoisotopic (exact) mass is 128 g/mol. The van der Waals surface area contributed by atoms with Crippen molar-refractivity contribution in [1.82, 2.24) is 0 Å². The smallest absolute Gasteiger partial charge is 0.302 e. The minimum absolute atomic E-state index is 0.222. The van der Waals surface area contributed by atoms with E-state index in [9.17, 15) is 4.79 Å². The van der Waals surface area contributed by atoms with E-state index in [4.69, 9.17) is 6.42 Å². The van der Waals surface area contributed by atoms with Gasteiger partial charge in [0.25, 0.3) is 0 Å². The predicted octanol–water partition coefficient (Wildman–Crippen LogP) is 0.157. The summed E-state index contributed by atoms with van der Waals surface area (Å²) >= 11 is 0. The molecule has 3 heteroatoms. The van der Waals surface area contributed by atoms with E-state index in [-0.39, 0.29) is 19.2 Å². The summed E-state index contributed by atoms with van der Waals surface area (Å²) in [7, 11) is 0. The van der Waals surface area contributed by atoms with Crippen molar-refractivity contribution in [3.63, 3.8) is 0 Å². The van der Waals surface area contributed by atoms with Crippen molar-refractivity contribution in [3.8, 4) is 12.5 Å². The Bertz CT molecular complexity index is 123. The maximum absolute atomic E-state index is 10.1. The number of hydrogen-bond donors (Lipinski definition) is 0. The quantitative estimate of drug-likeness (QED) is 0.308. The number of rotatable bonds is 3. The number of terminal acetylenes is 1. The Labute approximate surface area is 54.0 Å². The Kier molecular flexibility index (Phi) is 4.33. The highest BCUT2D eigenvalue weighted by molar-refractivity contribution is 5.65. The second-order valence-corrected chi connectivity index (χ2v) is 1.31. The van der Waals surface area contributed by atoms with E-state index >= 15 is 0 Å². The summed E-state index contributed by atoms with van der Waals surface area (Å²) < 4.78 is 8.92. The lowest BCUT2D eigenvalue weighted by atomic mass is 10.7. The number of ether oxygens (including phenoxy) is 2. The van der Waals surface area contributed by atoms with Crippen LogP contribution in [0.2, 0.25) is 0 Å². The first kappa shape index (κ1) is 7.83. The highest BCUT2D eigenvalue weighted by Gasteiger charge is 1.89. The molecule has 0 heterocycles.